The van der Waals surface area contributed by atoms with Crippen molar-refractivity contribution in [1.82, 2.24) is 0 Å². The Balaban J connectivity index is 2.51. The van der Waals surface area contributed by atoms with Gasteiger partial charge in [0.25, 0.3) is 0 Å². The first-order chi connectivity index (χ1) is 7.43. The molecule has 1 aromatic heterocycles. The van der Waals surface area contributed by atoms with E-state index in [1.165, 1.54) is 27.3 Å². The van der Waals surface area contributed by atoms with E-state index >= 15 is 0 Å². The van der Waals surface area contributed by atoms with Crippen molar-refractivity contribution in [3.63, 3.8) is 0 Å². The van der Waals surface area contributed by atoms with Gasteiger partial charge in [-0.15, -0.1) is 0 Å². The summed E-state index contributed by atoms with van der Waals surface area (Å²) >= 11 is 4.75. The molecule has 2 rings (SSSR count). The SMILES string of the molecule is C=CC1=C(S)c2s[c]([Sn]([CH3])([CH3])[CH3])cc2CC1. The van der Waals surface area contributed by atoms with E-state index < -0.39 is 18.4 Å². The van der Waals surface area contributed by atoms with Crippen LogP contribution >= 0.6 is 24.0 Å². The Labute approximate surface area is 112 Å². The van der Waals surface area contributed by atoms with Crippen molar-refractivity contribution in [3.8, 4) is 0 Å². The van der Waals surface area contributed by atoms with Crippen LogP contribution in [-0.4, -0.2) is 18.4 Å². The number of thiophene rings is 1. The Morgan fingerprint density at radius 1 is 1.38 bits per heavy atom. The van der Waals surface area contributed by atoms with E-state index in [4.69, 9.17) is 0 Å². The van der Waals surface area contributed by atoms with Gasteiger partial charge in [-0.3, -0.25) is 0 Å². The third kappa shape index (κ3) is 2.29. The van der Waals surface area contributed by atoms with E-state index in [0.29, 0.717) is 0 Å². The molecule has 1 aliphatic rings. The Bertz CT molecular complexity index is 461. The van der Waals surface area contributed by atoms with Gasteiger partial charge in [-0.1, -0.05) is 0 Å². The van der Waals surface area contributed by atoms with Crippen LogP contribution in [0.1, 0.15) is 16.9 Å². The first kappa shape index (κ1) is 12.8. The zero-order valence-electron chi connectivity index (χ0n) is 10.1. The van der Waals surface area contributed by atoms with Crippen molar-refractivity contribution in [2.45, 2.75) is 27.7 Å². The van der Waals surface area contributed by atoms with Crippen LogP contribution < -0.4 is 2.89 Å². The van der Waals surface area contributed by atoms with Gasteiger partial charge in [-0.2, -0.15) is 0 Å². The molecule has 0 unspecified atom stereocenters. The standard InChI is InChI=1S/C10H9S2.3CH3.Sn/c1-2-7-3-4-8-5-6-12-10(8)9(7)11;;;;/h2,5,11H,1,3-4H2;3*1H3;. The molecule has 0 fully saturated rings. The van der Waals surface area contributed by atoms with E-state index in [1.807, 2.05) is 17.4 Å². The van der Waals surface area contributed by atoms with Gasteiger partial charge in [-0.25, -0.2) is 0 Å². The first-order valence-electron chi connectivity index (χ1n) is 5.61. The maximum absolute atomic E-state index is 4.67. The molecule has 3 heteroatoms. The van der Waals surface area contributed by atoms with Crippen molar-refractivity contribution in [2.75, 3.05) is 0 Å². The van der Waals surface area contributed by atoms with Gasteiger partial charge in [0.05, 0.1) is 0 Å². The summed E-state index contributed by atoms with van der Waals surface area (Å²) in [5.74, 6) is 0. The van der Waals surface area contributed by atoms with Gasteiger partial charge in [0.15, 0.2) is 0 Å². The minimum absolute atomic E-state index is 1.10. The normalized spacial score (nSPS) is 16.2. The second kappa shape index (κ2) is 4.54. The van der Waals surface area contributed by atoms with E-state index in [2.05, 4.69) is 40.1 Å². The minimum atomic E-state index is -1.90. The number of fused-ring (bicyclic) bond motifs is 1. The summed E-state index contributed by atoms with van der Waals surface area (Å²) < 4.78 is 1.66. The third-order valence-electron chi connectivity index (χ3n) is 2.98. The van der Waals surface area contributed by atoms with Crippen molar-refractivity contribution < 1.29 is 0 Å². The predicted molar refractivity (Wildman–Crippen MR) is 81.7 cm³/mol. The molecule has 0 N–H and O–H groups in total. The number of hydrogen-bond acceptors (Lipinski definition) is 2. The van der Waals surface area contributed by atoms with Crippen molar-refractivity contribution in [1.29, 1.82) is 0 Å². The number of allylic oxidation sites excluding steroid dienone is 2. The van der Waals surface area contributed by atoms with Gasteiger partial charge in [0.1, 0.15) is 0 Å². The van der Waals surface area contributed by atoms with Crippen LogP contribution in [0.25, 0.3) is 4.91 Å². The van der Waals surface area contributed by atoms with Gasteiger partial charge in [0, 0.05) is 0 Å². The Morgan fingerprint density at radius 3 is 2.62 bits per heavy atom. The van der Waals surface area contributed by atoms with Crippen LogP contribution in [0.3, 0.4) is 0 Å². The van der Waals surface area contributed by atoms with Crippen molar-refractivity contribution in [3.05, 3.63) is 34.7 Å². The molecule has 0 atom stereocenters. The number of hydrogen-bond donors (Lipinski definition) is 1. The average molecular weight is 357 g/mol. The van der Waals surface area contributed by atoms with E-state index in [1.54, 1.807) is 2.89 Å². The van der Waals surface area contributed by atoms with Crippen LogP contribution in [0, 0.1) is 0 Å². The maximum atomic E-state index is 4.67. The summed E-state index contributed by atoms with van der Waals surface area (Å²) in [6.45, 7) is 3.87. The molecule has 0 spiro atoms. The van der Waals surface area contributed by atoms with E-state index in [9.17, 15) is 0 Å². The predicted octanol–water partition coefficient (Wildman–Crippen LogP) is 4.07. The molecular formula is C13H18S2Sn. The molecule has 0 aromatic carbocycles. The Kier molecular flexibility index (Phi) is 3.63. The fraction of sp³-hybridized carbons (Fsp3) is 0.385. The van der Waals surface area contributed by atoms with Crippen LogP contribution in [-0.2, 0) is 6.42 Å². The zero-order valence-corrected chi connectivity index (χ0v) is 14.7. The van der Waals surface area contributed by atoms with Crippen molar-refractivity contribution >= 4 is 50.1 Å². The zero-order chi connectivity index (χ0) is 11.9. The molecule has 0 nitrogen and oxygen atoms in total. The molecular weight excluding hydrogens is 339 g/mol. The van der Waals surface area contributed by atoms with Crippen LogP contribution in [0.5, 0.6) is 0 Å². The van der Waals surface area contributed by atoms with Gasteiger partial charge in [0.2, 0.25) is 0 Å². The van der Waals surface area contributed by atoms with Gasteiger partial charge >= 0.3 is 113 Å². The summed E-state index contributed by atoms with van der Waals surface area (Å²) in [6, 6.07) is 2.45. The summed E-state index contributed by atoms with van der Waals surface area (Å²) in [5, 5.41) is 0. The molecule has 16 heavy (non-hydrogen) atoms. The molecule has 0 radical (unpaired) electrons. The number of aryl methyl sites for hydroxylation is 1. The third-order valence-corrected chi connectivity index (χ3v) is 14.3. The fourth-order valence-electron chi connectivity index (χ4n) is 1.92. The fourth-order valence-corrected chi connectivity index (χ4v) is 8.88. The van der Waals surface area contributed by atoms with Crippen LogP contribution in [0.2, 0.25) is 14.8 Å². The molecule has 0 amide bonds. The van der Waals surface area contributed by atoms with Gasteiger partial charge < -0.3 is 0 Å². The number of rotatable bonds is 2. The van der Waals surface area contributed by atoms with E-state index in [-0.39, 0.29) is 0 Å². The van der Waals surface area contributed by atoms with Gasteiger partial charge in [-0.05, 0) is 0 Å². The number of thiol groups is 1. The van der Waals surface area contributed by atoms with E-state index in [0.717, 1.165) is 6.42 Å². The molecule has 0 aliphatic heterocycles. The average Bonchev–Trinajstić information content (AvgIpc) is 2.62. The quantitative estimate of drug-likeness (QED) is 0.599. The molecule has 0 bridgehead atoms. The van der Waals surface area contributed by atoms with Crippen LogP contribution in [0.15, 0.2) is 24.3 Å². The molecule has 1 aromatic rings. The second-order valence-corrected chi connectivity index (χ2v) is 22.2. The summed E-state index contributed by atoms with van der Waals surface area (Å²) in [7, 11) is 0. The molecule has 0 saturated carbocycles. The topological polar surface area (TPSA) is 0 Å². The summed E-state index contributed by atoms with van der Waals surface area (Å²) in [5.41, 5.74) is 2.83. The molecule has 86 valence electrons. The summed E-state index contributed by atoms with van der Waals surface area (Å²) in [6.07, 6.45) is 4.23. The summed E-state index contributed by atoms with van der Waals surface area (Å²) in [4.78, 5) is 10.0. The Hall–Kier alpha value is 0.329. The molecule has 1 aliphatic carbocycles. The van der Waals surface area contributed by atoms with Crippen LogP contribution in [0.4, 0.5) is 0 Å². The first-order valence-corrected chi connectivity index (χ1v) is 16.9. The monoisotopic (exact) mass is 358 g/mol. The molecule has 1 heterocycles. The second-order valence-electron chi connectivity index (χ2n) is 5.29. The Morgan fingerprint density at radius 2 is 2.06 bits per heavy atom. The van der Waals surface area contributed by atoms with Crippen molar-refractivity contribution in [2.24, 2.45) is 0 Å². The molecule has 0 saturated heterocycles.